The summed E-state index contributed by atoms with van der Waals surface area (Å²) in [7, 11) is 0. The zero-order valence-electron chi connectivity index (χ0n) is 11.0. The van der Waals surface area contributed by atoms with Crippen molar-refractivity contribution in [1.29, 1.82) is 0 Å². The zero-order valence-corrected chi connectivity index (χ0v) is 11.0. The SMILES string of the molecule is c1ncc2c(n1)-c1c(ccn1C1CCNCC1)CC2. The van der Waals surface area contributed by atoms with Crippen LogP contribution in [-0.4, -0.2) is 27.6 Å². The minimum atomic E-state index is 0.617. The molecular formula is C15H18N4. The smallest absolute Gasteiger partial charge is 0.116 e. The maximum absolute atomic E-state index is 4.54. The van der Waals surface area contributed by atoms with Gasteiger partial charge in [-0.2, -0.15) is 0 Å². The number of aryl methyl sites for hydroxylation is 2. The molecule has 1 N–H and O–H groups in total. The van der Waals surface area contributed by atoms with Crippen LogP contribution in [0.25, 0.3) is 11.4 Å². The summed E-state index contributed by atoms with van der Waals surface area (Å²) in [6, 6.07) is 2.90. The van der Waals surface area contributed by atoms with E-state index in [0.717, 1.165) is 31.6 Å². The summed E-state index contributed by atoms with van der Waals surface area (Å²) in [6.45, 7) is 2.24. The molecule has 0 bridgehead atoms. The Labute approximate surface area is 112 Å². The number of nitrogens with zero attached hydrogens (tertiary/aromatic N) is 3. The summed E-state index contributed by atoms with van der Waals surface area (Å²) >= 11 is 0. The Kier molecular flexibility index (Phi) is 2.62. The van der Waals surface area contributed by atoms with E-state index in [9.17, 15) is 0 Å². The van der Waals surface area contributed by atoms with Gasteiger partial charge in [0.2, 0.25) is 0 Å². The molecule has 0 unspecified atom stereocenters. The maximum Gasteiger partial charge on any atom is 0.116 e. The maximum atomic E-state index is 4.54. The Balaban J connectivity index is 1.82. The average molecular weight is 254 g/mol. The van der Waals surface area contributed by atoms with Crippen LogP contribution in [0.4, 0.5) is 0 Å². The molecule has 3 heterocycles. The van der Waals surface area contributed by atoms with Crippen molar-refractivity contribution in [2.24, 2.45) is 0 Å². The minimum Gasteiger partial charge on any atom is -0.343 e. The fourth-order valence-corrected chi connectivity index (χ4v) is 3.38. The summed E-state index contributed by atoms with van der Waals surface area (Å²) in [5, 5.41) is 3.44. The third-order valence-corrected chi connectivity index (χ3v) is 4.38. The first-order chi connectivity index (χ1) is 9.43. The molecule has 0 radical (unpaired) electrons. The Hall–Kier alpha value is -1.68. The monoisotopic (exact) mass is 254 g/mol. The predicted octanol–water partition coefficient (Wildman–Crippen LogP) is 1.97. The standard InChI is InChI=1S/C15H18N4/c1-2-12-9-17-10-18-14(12)15-11(1)5-8-19(15)13-3-6-16-7-4-13/h5,8-10,13,16H,1-4,6-7H2. The molecule has 2 aromatic heterocycles. The molecule has 1 fully saturated rings. The normalized spacial score (nSPS) is 18.9. The lowest BCUT2D eigenvalue weighted by atomic mass is 9.94. The molecule has 1 aliphatic carbocycles. The lowest BCUT2D eigenvalue weighted by Gasteiger charge is -2.28. The van der Waals surface area contributed by atoms with Gasteiger partial charge in [-0.05, 0) is 56.0 Å². The van der Waals surface area contributed by atoms with Gasteiger partial charge in [0.25, 0.3) is 0 Å². The molecule has 0 spiro atoms. The van der Waals surface area contributed by atoms with E-state index >= 15 is 0 Å². The van der Waals surface area contributed by atoms with Gasteiger partial charge in [-0.15, -0.1) is 0 Å². The Morgan fingerprint density at radius 3 is 2.89 bits per heavy atom. The van der Waals surface area contributed by atoms with E-state index in [1.54, 1.807) is 6.33 Å². The van der Waals surface area contributed by atoms with Crippen molar-refractivity contribution in [3.8, 4) is 11.4 Å². The van der Waals surface area contributed by atoms with Crippen molar-refractivity contribution in [2.75, 3.05) is 13.1 Å². The highest BCUT2D eigenvalue weighted by atomic mass is 15.1. The van der Waals surface area contributed by atoms with Crippen molar-refractivity contribution >= 4 is 0 Å². The van der Waals surface area contributed by atoms with Crippen LogP contribution in [0.15, 0.2) is 24.8 Å². The first-order valence-corrected chi connectivity index (χ1v) is 7.13. The molecule has 19 heavy (non-hydrogen) atoms. The molecule has 0 aromatic carbocycles. The van der Waals surface area contributed by atoms with E-state index in [-0.39, 0.29) is 0 Å². The highest BCUT2D eigenvalue weighted by molar-refractivity contribution is 5.66. The summed E-state index contributed by atoms with van der Waals surface area (Å²) in [6.07, 6.45) is 10.5. The summed E-state index contributed by atoms with van der Waals surface area (Å²) in [4.78, 5) is 8.71. The van der Waals surface area contributed by atoms with Gasteiger partial charge in [-0.25, -0.2) is 9.97 Å². The number of piperidine rings is 1. The zero-order chi connectivity index (χ0) is 12.7. The van der Waals surface area contributed by atoms with Crippen molar-refractivity contribution in [3.63, 3.8) is 0 Å². The Bertz CT molecular complexity index is 596. The molecule has 2 aliphatic rings. The molecule has 98 valence electrons. The van der Waals surface area contributed by atoms with Crippen molar-refractivity contribution < 1.29 is 0 Å². The fourth-order valence-electron chi connectivity index (χ4n) is 3.38. The van der Waals surface area contributed by atoms with Gasteiger partial charge < -0.3 is 9.88 Å². The second-order valence-corrected chi connectivity index (χ2v) is 5.47. The second kappa shape index (κ2) is 4.46. The van der Waals surface area contributed by atoms with Gasteiger partial charge in [0.05, 0.1) is 11.4 Å². The van der Waals surface area contributed by atoms with Crippen LogP contribution < -0.4 is 5.32 Å². The van der Waals surface area contributed by atoms with E-state index < -0.39 is 0 Å². The number of rotatable bonds is 1. The van der Waals surface area contributed by atoms with Gasteiger partial charge in [0, 0.05) is 18.4 Å². The number of fused-ring (bicyclic) bond motifs is 3. The molecule has 4 rings (SSSR count). The number of nitrogens with one attached hydrogen (secondary N) is 1. The van der Waals surface area contributed by atoms with Crippen molar-refractivity contribution in [1.82, 2.24) is 19.9 Å². The third-order valence-electron chi connectivity index (χ3n) is 4.38. The van der Waals surface area contributed by atoms with Crippen molar-refractivity contribution in [2.45, 2.75) is 31.7 Å². The minimum absolute atomic E-state index is 0.617. The van der Waals surface area contributed by atoms with Crippen LogP contribution in [0.5, 0.6) is 0 Å². The highest BCUT2D eigenvalue weighted by Gasteiger charge is 2.25. The highest BCUT2D eigenvalue weighted by Crippen LogP contribution is 2.35. The molecule has 0 atom stereocenters. The lowest BCUT2D eigenvalue weighted by Crippen LogP contribution is -2.29. The van der Waals surface area contributed by atoms with Crippen LogP contribution in [-0.2, 0) is 12.8 Å². The summed E-state index contributed by atoms with van der Waals surface area (Å²) < 4.78 is 2.46. The van der Waals surface area contributed by atoms with E-state index in [1.165, 1.54) is 29.7 Å². The third kappa shape index (κ3) is 1.78. The van der Waals surface area contributed by atoms with Crippen LogP contribution in [0.2, 0.25) is 0 Å². The summed E-state index contributed by atoms with van der Waals surface area (Å²) in [5.74, 6) is 0. The van der Waals surface area contributed by atoms with Crippen LogP contribution >= 0.6 is 0 Å². The van der Waals surface area contributed by atoms with Gasteiger partial charge in [0.1, 0.15) is 6.33 Å². The van der Waals surface area contributed by atoms with E-state index in [2.05, 4.69) is 32.1 Å². The largest absolute Gasteiger partial charge is 0.343 e. The topological polar surface area (TPSA) is 42.7 Å². The molecule has 0 saturated carbocycles. The van der Waals surface area contributed by atoms with Gasteiger partial charge in [-0.3, -0.25) is 0 Å². The number of aromatic nitrogens is 3. The van der Waals surface area contributed by atoms with E-state index in [4.69, 9.17) is 0 Å². The number of hydrogen-bond donors (Lipinski definition) is 1. The van der Waals surface area contributed by atoms with Crippen LogP contribution in [0.1, 0.15) is 30.0 Å². The molecule has 1 aliphatic heterocycles. The second-order valence-electron chi connectivity index (χ2n) is 5.47. The lowest BCUT2D eigenvalue weighted by molar-refractivity contribution is 0.371. The van der Waals surface area contributed by atoms with Gasteiger partial charge in [-0.1, -0.05) is 0 Å². The van der Waals surface area contributed by atoms with Crippen LogP contribution in [0.3, 0.4) is 0 Å². The molecule has 4 heteroatoms. The van der Waals surface area contributed by atoms with E-state index in [1.807, 2.05) is 6.20 Å². The van der Waals surface area contributed by atoms with Crippen LogP contribution in [0, 0.1) is 0 Å². The summed E-state index contributed by atoms with van der Waals surface area (Å²) in [5.41, 5.74) is 5.24. The Morgan fingerprint density at radius 1 is 1.16 bits per heavy atom. The average Bonchev–Trinajstić information content (AvgIpc) is 2.92. The van der Waals surface area contributed by atoms with Crippen molar-refractivity contribution in [3.05, 3.63) is 35.9 Å². The molecular weight excluding hydrogens is 236 g/mol. The van der Waals surface area contributed by atoms with Gasteiger partial charge in [0.15, 0.2) is 0 Å². The first kappa shape index (κ1) is 11.2. The quantitative estimate of drug-likeness (QED) is 0.846. The number of hydrogen-bond acceptors (Lipinski definition) is 3. The Morgan fingerprint density at radius 2 is 2.00 bits per heavy atom. The molecule has 4 nitrogen and oxygen atoms in total. The molecule has 1 saturated heterocycles. The predicted molar refractivity (Wildman–Crippen MR) is 74.0 cm³/mol. The first-order valence-electron chi connectivity index (χ1n) is 7.13. The fraction of sp³-hybridized carbons (Fsp3) is 0.467. The van der Waals surface area contributed by atoms with E-state index in [0.29, 0.717) is 6.04 Å². The molecule has 2 aromatic rings. The molecule has 0 amide bonds. The van der Waals surface area contributed by atoms with Gasteiger partial charge >= 0.3 is 0 Å².